The normalized spacial score (nSPS) is 10.4. The molecule has 0 unspecified atom stereocenters. The quantitative estimate of drug-likeness (QED) is 0.773. The van der Waals surface area contributed by atoms with Gasteiger partial charge in [-0.15, -0.1) is 0 Å². The number of benzene rings is 1. The Morgan fingerprint density at radius 1 is 1.06 bits per heavy atom. The van der Waals surface area contributed by atoms with Crippen molar-refractivity contribution in [2.75, 3.05) is 20.8 Å². The first-order valence-corrected chi connectivity index (χ1v) is 6.06. The van der Waals surface area contributed by atoms with Crippen LogP contribution in [-0.2, 0) is 6.42 Å². The number of hydrogen-bond acceptors (Lipinski definition) is 3. The van der Waals surface area contributed by atoms with Crippen LogP contribution in [0.15, 0.2) is 6.07 Å². The molecular formula is C14H23NO2. The van der Waals surface area contributed by atoms with Crippen LogP contribution in [0.2, 0.25) is 0 Å². The summed E-state index contributed by atoms with van der Waals surface area (Å²) in [6.45, 7) is 4.96. The second-order valence-corrected chi connectivity index (χ2v) is 4.27. The molecule has 0 spiro atoms. The minimum Gasteiger partial charge on any atom is -0.493 e. The summed E-state index contributed by atoms with van der Waals surface area (Å²) in [4.78, 5) is 0. The topological polar surface area (TPSA) is 44.5 Å². The number of nitrogens with two attached hydrogens (primary N) is 1. The smallest absolute Gasteiger partial charge is 0.163 e. The van der Waals surface area contributed by atoms with E-state index in [0.717, 1.165) is 42.9 Å². The van der Waals surface area contributed by atoms with Crippen LogP contribution >= 0.6 is 0 Å². The van der Waals surface area contributed by atoms with Crippen molar-refractivity contribution in [3.8, 4) is 11.5 Å². The monoisotopic (exact) mass is 237 g/mol. The number of ether oxygens (including phenoxy) is 2. The van der Waals surface area contributed by atoms with Crippen molar-refractivity contribution in [2.45, 2.75) is 33.1 Å². The Labute approximate surface area is 104 Å². The summed E-state index contributed by atoms with van der Waals surface area (Å²) in [5.41, 5.74) is 9.30. The Kier molecular flexibility index (Phi) is 5.29. The van der Waals surface area contributed by atoms with Gasteiger partial charge in [0.2, 0.25) is 0 Å². The predicted octanol–water partition coefficient (Wildman–Crippen LogP) is 2.60. The molecule has 0 saturated carbocycles. The van der Waals surface area contributed by atoms with E-state index in [1.54, 1.807) is 14.2 Å². The molecule has 0 aromatic heterocycles. The zero-order valence-corrected chi connectivity index (χ0v) is 11.3. The van der Waals surface area contributed by atoms with E-state index in [-0.39, 0.29) is 0 Å². The zero-order chi connectivity index (χ0) is 12.8. The summed E-state index contributed by atoms with van der Waals surface area (Å²) in [6.07, 6.45) is 3.23. The van der Waals surface area contributed by atoms with E-state index in [1.807, 2.05) is 0 Å². The number of unbranched alkanes of at least 4 members (excludes halogenated alkanes) is 1. The molecule has 3 heteroatoms. The molecule has 0 atom stereocenters. The highest BCUT2D eigenvalue weighted by Crippen LogP contribution is 2.35. The standard InChI is InChI=1S/C14H23NO2/c1-10-11(2)14(17-4)13(16-3)9-12(10)7-5-6-8-15/h9H,5-8,15H2,1-4H3. The van der Waals surface area contributed by atoms with Crippen LogP contribution in [0, 0.1) is 13.8 Å². The van der Waals surface area contributed by atoms with E-state index in [9.17, 15) is 0 Å². The molecule has 0 amide bonds. The fraction of sp³-hybridized carbons (Fsp3) is 0.571. The van der Waals surface area contributed by atoms with Gasteiger partial charge in [0.25, 0.3) is 0 Å². The maximum atomic E-state index is 5.52. The molecular weight excluding hydrogens is 214 g/mol. The van der Waals surface area contributed by atoms with Gasteiger partial charge in [-0.25, -0.2) is 0 Å². The van der Waals surface area contributed by atoms with Crippen molar-refractivity contribution in [1.29, 1.82) is 0 Å². The van der Waals surface area contributed by atoms with Crippen LogP contribution in [0.25, 0.3) is 0 Å². The molecule has 1 aromatic carbocycles. The Bertz CT molecular complexity index is 375. The minimum atomic E-state index is 0.755. The highest BCUT2D eigenvalue weighted by atomic mass is 16.5. The van der Waals surface area contributed by atoms with Crippen LogP contribution in [0.4, 0.5) is 0 Å². The lowest BCUT2D eigenvalue weighted by Crippen LogP contribution is -2.02. The lowest BCUT2D eigenvalue weighted by atomic mass is 9.97. The largest absolute Gasteiger partial charge is 0.493 e. The van der Waals surface area contributed by atoms with Crippen LogP contribution in [0.3, 0.4) is 0 Å². The molecule has 0 bridgehead atoms. The van der Waals surface area contributed by atoms with Gasteiger partial charge in [0, 0.05) is 0 Å². The average Bonchev–Trinajstić information content (AvgIpc) is 2.34. The van der Waals surface area contributed by atoms with Crippen molar-refractivity contribution in [3.63, 3.8) is 0 Å². The third-order valence-electron chi connectivity index (χ3n) is 3.24. The van der Waals surface area contributed by atoms with Crippen LogP contribution in [-0.4, -0.2) is 20.8 Å². The maximum absolute atomic E-state index is 5.52. The number of aryl methyl sites for hydroxylation is 1. The van der Waals surface area contributed by atoms with E-state index in [0.29, 0.717) is 0 Å². The van der Waals surface area contributed by atoms with Gasteiger partial charge in [-0.2, -0.15) is 0 Å². The van der Waals surface area contributed by atoms with Crippen molar-refractivity contribution in [3.05, 3.63) is 22.8 Å². The molecule has 2 N–H and O–H groups in total. The van der Waals surface area contributed by atoms with Crippen molar-refractivity contribution in [1.82, 2.24) is 0 Å². The molecule has 0 aliphatic rings. The summed E-state index contributed by atoms with van der Waals surface area (Å²) in [5.74, 6) is 1.66. The summed E-state index contributed by atoms with van der Waals surface area (Å²) in [5, 5.41) is 0. The van der Waals surface area contributed by atoms with Gasteiger partial charge >= 0.3 is 0 Å². The fourth-order valence-corrected chi connectivity index (χ4v) is 2.05. The predicted molar refractivity (Wildman–Crippen MR) is 71.0 cm³/mol. The van der Waals surface area contributed by atoms with Gasteiger partial charge in [0.05, 0.1) is 14.2 Å². The first kappa shape index (κ1) is 13.8. The van der Waals surface area contributed by atoms with Crippen molar-refractivity contribution >= 4 is 0 Å². The lowest BCUT2D eigenvalue weighted by Gasteiger charge is -2.16. The summed E-state index contributed by atoms with van der Waals surface area (Å²) >= 11 is 0. The minimum absolute atomic E-state index is 0.755. The summed E-state index contributed by atoms with van der Waals surface area (Å²) in [7, 11) is 3.36. The molecule has 96 valence electrons. The second kappa shape index (κ2) is 6.50. The summed E-state index contributed by atoms with van der Waals surface area (Å²) in [6, 6.07) is 2.08. The zero-order valence-electron chi connectivity index (χ0n) is 11.3. The maximum Gasteiger partial charge on any atom is 0.163 e. The molecule has 1 aromatic rings. The van der Waals surface area contributed by atoms with E-state index >= 15 is 0 Å². The summed E-state index contributed by atoms with van der Waals surface area (Å²) < 4.78 is 10.8. The molecule has 0 aliphatic heterocycles. The molecule has 17 heavy (non-hydrogen) atoms. The van der Waals surface area contributed by atoms with E-state index in [4.69, 9.17) is 15.2 Å². The molecule has 0 radical (unpaired) electrons. The number of rotatable bonds is 6. The highest BCUT2D eigenvalue weighted by Gasteiger charge is 2.13. The van der Waals surface area contributed by atoms with E-state index in [2.05, 4.69) is 19.9 Å². The Morgan fingerprint density at radius 2 is 1.76 bits per heavy atom. The van der Waals surface area contributed by atoms with Gasteiger partial charge < -0.3 is 15.2 Å². The third kappa shape index (κ3) is 3.13. The Morgan fingerprint density at radius 3 is 2.29 bits per heavy atom. The fourth-order valence-electron chi connectivity index (χ4n) is 2.05. The first-order valence-electron chi connectivity index (χ1n) is 6.06. The Balaban J connectivity index is 3.02. The third-order valence-corrected chi connectivity index (χ3v) is 3.24. The van der Waals surface area contributed by atoms with Gasteiger partial charge in [-0.3, -0.25) is 0 Å². The van der Waals surface area contributed by atoms with Gasteiger partial charge in [-0.1, -0.05) is 0 Å². The van der Waals surface area contributed by atoms with E-state index in [1.165, 1.54) is 11.1 Å². The number of hydrogen-bond donors (Lipinski definition) is 1. The molecule has 0 aliphatic carbocycles. The highest BCUT2D eigenvalue weighted by molar-refractivity contribution is 5.53. The molecule has 3 nitrogen and oxygen atoms in total. The molecule has 0 fully saturated rings. The van der Waals surface area contributed by atoms with Gasteiger partial charge in [-0.05, 0) is 62.4 Å². The molecule has 0 saturated heterocycles. The lowest BCUT2D eigenvalue weighted by molar-refractivity contribution is 0.352. The van der Waals surface area contributed by atoms with Crippen LogP contribution in [0.5, 0.6) is 11.5 Å². The van der Waals surface area contributed by atoms with Crippen molar-refractivity contribution in [2.24, 2.45) is 5.73 Å². The average molecular weight is 237 g/mol. The van der Waals surface area contributed by atoms with Gasteiger partial charge in [0.15, 0.2) is 11.5 Å². The van der Waals surface area contributed by atoms with E-state index < -0.39 is 0 Å². The van der Waals surface area contributed by atoms with Crippen molar-refractivity contribution < 1.29 is 9.47 Å². The Hall–Kier alpha value is -1.22. The number of methoxy groups -OCH3 is 2. The van der Waals surface area contributed by atoms with Crippen LogP contribution < -0.4 is 15.2 Å². The van der Waals surface area contributed by atoms with Gasteiger partial charge in [0.1, 0.15) is 0 Å². The van der Waals surface area contributed by atoms with Crippen LogP contribution in [0.1, 0.15) is 29.5 Å². The second-order valence-electron chi connectivity index (χ2n) is 4.27. The molecule has 0 heterocycles. The molecule has 1 rings (SSSR count). The first-order chi connectivity index (χ1) is 8.15. The SMILES string of the molecule is COc1cc(CCCCN)c(C)c(C)c1OC.